The van der Waals surface area contributed by atoms with Gasteiger partial charge in [-0.1, -0.05) is 62.4 Å². The summed E-state index contributed by atoms with van der Waals surface area (Å²) in [6.07, 6.45) is 3.47. The average Bonchev–Trinajstić information content (AvgIpc) is 3.21. The molecule has 3 aromatic carbocycles. The molecule has 36 heavy (non-hydrogen) atoms. The smallest absolute Gasteiger partial charge is 0.343 e. The standard InChI is InChI=1S/C29H28N2O4S/c1-4-21-12-6-8-15-24(21)30-29-31(25-16-9-7-13-22(25)5-2)28(33)26(36-29)18-20-11-10-14-23(17-20)35-19-27(32)34-3/h6-18H,4-5,19H2,1-3H3/b26-18-,30-29?. The monoisotopic (exact) mass is 500 g/mol. The lowest BCUT2D eigenvalue weighted by molar-refractivity contribution is -0.142. The largest absolute Gasteiger partial charge is 0.482 e. The van der Waals surface area contributed by atoms with Gasteiger partial charge in [0, 0.05) is 0 Å². The first kappa shape index (κ1) is 25.3. The molecule has 0 aliphatic carbocycles. The van der Waals surface area contributed by atoms with Crippen LogP contribution in [-0.4, -0.2) is 30.8 Å². The van der Waals surface area contributed by atoms with Crippen molar-refractivity contribution < 1.29 is 19.1 Å². The fourth-order valence-electron chi connectivity index (χ4n) is 3.86. The van der Waals surface area contributed by atoms with Gasteiger partial charge in [0.1, 0.15) is 5.75 Å². The molecule has 184 valence electrons. The molecule has 7 heteroatoms. The molecular formula is C29H28N2O4S. The first-order valence-electron chi connectivity index (χ1n) is 11.8. The Hall–Kier alpha value is -3.84. The Morgan fingerprint density at radius 3 is 2.44 bits per heavy atom. The zero-order valence-electron chi connectivity index (χ0n) is 20.6. The third kappa shape index (κ3) is 5.69. The number of methoxy groups -OCH3 is 1. The van der Waals surface area contributed by atoms with Crippen LogP contribution in [0.15, 0.2) is 82.7 Å². The lowest BCUT2D eigenvalue weighted by Crippen LogP contribution is -2.29. The maximum atomic E-state index is 13.7. The van der Waals surface area contributed by atoms with E-state index in [0.717, 1.165) is 40.9 Å². The summed E-state index contributed by atoms with van der Waals surface area (Å²) < 4.78 is 10.1. The molecule has 0 spiro atoms. The zero-order chi connectivity index (χ0) is 25.5. The number of aliphatic imine (C=N–C) groups is 1. The lowest BCUT2D eigenvalue weighted by Gasteiger charge is -2.19. The molecule has 0 atom stereocenters. The molecule has 3 aromatic rings. The molecule has 1 saturated heterocycles. The van der Waals surface area contributed by atoms with Gasteiger partial charge in [0.15, 0.2) is 11.8 Å². The second kappa shape index (κ2) is 11.7. The average molecular weight is 501 g/mol. The molecule has 1 amide bonds. The van der Waals surface area contributed by atoms with Gasteiger partial charge in [-0.2, -0.15) is 0 Å². The first-order chi connectivity index (χ1) is 17.5. The summed E-state index contributed by atoms with van der Waals surface area (Å²) in [5, 5.41) is 0.617. The van der Waals surface area contributed by atoms with Crippen molar-refractivity contribution in [2.75, 3.05) is 18.6 Å². The highest BCUT2D eigenvalue weighted by atomic mass is 32.2. The van der Waals surface area contributed by atoms with Crippen LogP contribution in [0, 0.1) is 0 Å². The number of rotatable bonds is 8. The van der Waals surface area contributed by atoms with Crippen molar-refractivity contribution in [1.82, 2.24) is 0 Å². The summed E-state index contributed by atoms with van der Waals surface area (Å²) in [5.41, 5.74) is 4.67. The molecule has 1 fully saturated rings. The van der Waals surface area contributed by atoms with Gasteiger partial charge in [-0.05, 0) is 71.6 Å². The molecule has 4 rings (SSSR count). The number of esters is 1. The van der Waals surface area contributed by atoms with E-state index in [2.05, 4.69) is 24.7 Å². The molecule has 0 radical (unpaired) electrons. The van der Waals surface area contributed by atoms with Crippen LogP contribution in [-0.2, 0) is 27.2 Å². The summed E-state index contributed by atoms with van der Waals surface area (Å²) in [4.78, 5) is 32.4. The van der Waals surface area contributed by atoms with Crippen molar-refractivity contribution >= 4 is 46.3 Å². The molecule has 1 aliphatic heterocycles. The Bertz CT molecular complexity index is 1330. The number of thioether (sulfide) groups is 1. The third-order valence-electron chi connectivity index (χ3n) is 5.75. The van der Waals surface area contributed by atoms with Crippen LogP contribution in [0.2, 0.25) is 0 Å². The Balaban J connectivity index is 1.74. The van der Waals surface area contributed by atoms with E-state index >= 15 is 0 Å². The van der Waals surface area contributed by atoms with Crippen LogP contribution in [0.5, 0.6) is 5.75 Å². The van der Waals surface area contributed by atoms with E-state index in [1.165, 1.54) is 18.9 Å². The number of ether oxygens (including phenoxy) is 2. The van der Waals surface area contributed by atoms with E-state index in [4.69, 9.17) is 9.73 Å². The number of hydrogen-bond acceptors (Lipinski definition) is 6. The van der Waals surface area contributed by atoms with E-state index in [9.17, 15) is 9.59 Å². The molecule has 6 nitrogen and oxygen atoms in total. The fourth-order valence-corrected chi connectivity index (χ4v) is 4.84. The number of hydrogen-bond donors (Lipinski definition) is 0. The molecule has 0 unspecified atom stereocenters. The molecule has 1 heterocycles. The third-order valence-corrected chi connectivity index (χ3v) is 6.72. The van der Waals surface area contributed by atoms with Crippen molar-refractivity contribution in [3.63, 3.8) is 0 Å². The van der Waals surface area contributed by atoms with Crippen LogP contribution in [0.1, 0.15) is 30.5 Å². The number of para-hydroxylation sites is 2. The highest BCUT2D eigenvalue weighted by Gasteiger charge is 2.35. The maximum absolute atomic E-state index is 13.7. The van der Waals surface area contributed by atoms with Crippen molar-refractivity contribution in [2.45, 2.75) is 26.7 Å². The number of benzene rings is 3. The summed E-state index contributed by atoms with van der Waals surface area (Å²) in [5.74, 6) is -0.0719. The van der Waals surface area contributed by atoms with Gasteiger partial charge < -0.3 is 9.47 Å². The van der Waals surface area contributed by atoms with Gasteiger partial charge in [-0.3, -0.25) is 9.69 Å². The van der Waals surface area contributed by atoms with E-state index in [1.807, 2.05) is 60.7 Å². The minimum Gasteiger partial charge on any atom is -0.482 e. The van der Waals surface area contributed by atoms with Gasteiger partial charge >= 0.3 is 5.97 Å². The van der Waals surface area contributed by atoms with Crippen molar-refractivity contribution in [1.29, 1.82) is 0 Å². The Labute approximate surface area is 215 Å². The molecule has 1 aliphatic rings. The lowest BCUT2D eigenvalue weighted by atomic mass is 10.1. The fraction of sp³-hybridized carbons (Fsp3) is 0.207. The van der Waals surface area contributed by atoms with E-state index in [0.29, 0.717) is 15.8 Å². The van der Waals surface area contributed by atoms with Gasteiger partial charge in [0.2, 0.25) is 0 Å². The Morgan fingerprint density at radius 2 is 1.69 bits per heavy atom. The molecule has 0 aromatic heterocycles. The number of amidine groups is 1. The summed E-state index contributed by atoms with van der Waals surface area (Å²) >= 11 is 1.35. The van der Waals surface area contributed by atoms with Crippen LogP contribution in [0.4, 0.5) is 11.4 Å². The minimum absolute atomic E-state index is 0.130. The molecule has 0 bridgehead atoms. The highest BCUT2D eigenvalue weighted by Crippen LogP contribution is 2.39. The van der Waals surface area contributed by atoms with E-state index in [1.54, 1.807) is 17.0 Å². The predicted octanol–water partition coefficient (Wildman–Crippen LogP) is 6.17. The summed E-state index contributed by atoms with van der Waals surface area (Å²) in [7, 11) is 1.32. The second-order valence-electron chi connectivity index (χ2n) is 8.05. The van der Waals surface area contributed by atoms with Crippen molar-refractivity contribution in [2.24, 2.45) is 4.99 Å². The van der Waals surface area contributed by atoms with Crippen LogP contribution < -0.4 is 9.64 Å². The topological polar surface area (TPSA) is 68.2 Å². The van der Waals surface area contributed by atoms with E-state index in [-0.39, 0.29) is 12.5 Å². The Kier molecular flexibility index (Phi) is 8.23. The molecular weight excluding hydrogens is 472 g/mol. The number of amides is 1. The quantitative estimate of drug-likeness (QED) is 0.273. The minimum atomic E-state index is -0.460. The number of nitrogens with zero attached hydrogens (tertiary/aromatic N) is 2. The Morgan fingerprint density at radius 1 is 0.972 bits per heavy atom. The van der Waals surface area contributed by atoms with Crippen molar-refractivity contribution in [3.05, 3.63) is 94.4 Å². The second-order valence-corrected chi connectivity index (χ2v) is 9.06. The summed E-state index contributed by atoms with van der Waals surface area (Å²) in [6, 6.07) is 23.2. The van der Waals surface area contributed by atoms with Crippen LogP contribution in [0.3, 0.4) is 0 Å². The first-order valence-corrected chi connectivity index (χ1v) is 12.6. The normalized spacial score (nSPS) is 15.5. The summed E-state index contributed by atoms with van der Waals surface area (Å²) in [6.45, 7) is 3.99. The van der Waals surface area contributed by atoms with Gasteiger partial charge in [0.05, 0.1) is 23.4 Å². The van der Waals surface area contributed by atoms with Crippen LogP contribution in [0.25, 0.3) is 6.08 Å². The van der Waals surface area contributed by atoms with Gasteiger partial charge in [0.25, 0.3) is 5.91 Å². The number of carbonyl (C=O) groups excluding carboxylic acids is 2. The zero-order valence-corrected chi connectivity index (χ0v) is 21.4. The van der Waals surface area contributed by atoms with Gasteiger partial charge in [-0.15, -0.1) is 0 Å². The molecule has 0 N–H and O–H groups in total. The number of anilines is 1. The van der Waals surface area contributed by atoms with Gasteiger partial charge in [-0.25, -0.2) is 9.79 Å². The van der Waals surface area contributed by atoms with E-state index < -0.39 is 5.97 Å². The number of carbonyl (C=O) groups is 2. The predicted molar refractivity (Wildman–Crippen MR) is 146 cm³/mol. The maximum Gasteiger partial charge on any atom is 0.343 e. The SMILES string of the molecule is CCc1ccccc1N=C1S/C(=C\c2cccc(OCC(=O)OC)c2)C(=O)N1c1ccccc1CC. The number of aryl methyl sites for hydroxylation is 2. The highest BCUT2D eigenvalue weighted by molar-refractivity contribution is 8.19. The van der Waals surface area contributed by atoms with Crippen molar-refractivity contribution in [3.8, 4) is 5.75 Å². The molecule has 0 saturated carbocycles. The van der Waals surface area contributed by atoms with Crippen LogP contribution >= 0.6 is 11.8 Å².